The summed E-state index contributed by atoms with van der Waals surface area (Å²) < 4.78 is 0. The molecule has 32 heavy (non-hydrogen) atoms. The van der Waals surface area contributed by atoms with Crippen LogP contribution in [-0.2, 0) is 0 Å². The van der Waals surface area contributed by atoms with Gasteiger partial charge in [0.2, 0.25) is 0 Å². The second kappa shape index (κ2) is 15.7. The van der Waals surface area contributed by atoms with Gasteiger partial charge in [-0.2, -0.15) is 0 Å². The zero-order chi connectivity index (χ0) is 23.3. The molecule has 0 aromatic heterocycles. The highest BCUT2D eigenvalue weighted by Crippen LogP contribution is 2.38. The van der Waals surface area contributed by atoms with E-state index in [9.17, 15) is 10.2 Å². The molecule has 2 saturated carbocycles. The third-order valence-corrected chi connectivity index (χ3v) is 9.44. The lowest BCUT2D eigenvalue weighted by Gasteiger charge is -2.35. The van der Waals surface area contributed by atoms with E-state index in [1.165, 1.54) is 77.0 Å². The van der Waals surface area contributed by atoms with Crippen LogP contribution in [0.5, 0.6) is 0 Å². The molecule has 0 bridgehead atoms. The van der Waals surface area contributed by atoms with Crippen molar-refractivity contribution in [2.75, 3.05) is 26.3 Å². The molecule has 0 aromatic carbocycles. The summed E-state index contributed by atoms with van der Waals surface area (Å²) in [4.78, 5) is 0. The van der Waals surface area contributed by atoms with Gasteiger partial charge in [-0.1, -0.05) is 91.9 Å². The fourth-order valence-corrected chi connectivity index (χ4v) is 6.54. The van der Waals surface area contributed by atoms with E-state index >= 15 is 0 Å². The van der Waals surface area contributed by atoms with Crippen molar-refractivity contribution >= 4 is 0 Å². The van der Waals surface area contributed by atoms with Crippen LogP contribution in [0.15, 0.2) is 0 Å². The molecule has 0 spiro atoms. The van der Waals surface area contributed by atoms with Crippen molar-refractivity contribution in [2.45, 2.75) is 117 Å². The SMILES string of the molecule is CC1CCCC(CCCC(CCCC2CCCC(C)C2C)NCCNC(CO)CO)C1C. The predicted molar refractivity (Wildman–Crippen MR) is 137 cm³/mol. The Hall–Kier alpha value is -0.160. The van der Waals surface area contributed by atoms with Crippen LogP contribution in [0.3, 0.4) is 0 Å². The molecule has 0 heterocycles. The molecule has 0 radical (unpaired) electrons. The van der Waals surface area contributed by atoms with E-state index in [1.807, 2.05) is 0 Å². The van der Waals surface area contributed by atoms with Crippen LogP contribution in [0.25, 0.3) is 0 Å². The van der Waals surface area contributed by atoms with E-state index < -0.39 is 0 Å². The van der Waals surface area contributed by atoms with Crippen molar-refractivity contribution in [3.05, 3.63) is 0 Å². The molecule has 0 aromatic rings. The van der Waals surface area contributed by atoms with Gasteiger partial charge in [0.1, 0.15) is 0 Å². The Bertz CT molecular complexity index is 438. The first-order chi connectivity index (χ1) is 15.5. The number of hydrogen-bond donors (Lipinski definition) is 4. The van der Waals surface area contributed by atoms with Crippen molar-refractivity contribution in [1.82, 2.24) is 10.6 Å². The van der Waals surface area contributed by atoms with Gasteiger partial charge in [0, 0.05) is 19.1 Å². The smallest absolute Gasteiger partial charge is 0.0607 e. The largest absolute Gasteiger partial charge is 0.395 e. The Kier molecular flexibility index (Phi) is 13.8. The molecular formula is C28H56N2O2. The van der Waals surface area contributed by atoms with Gasteiger partial charge in [0.15, 0.2) is 0 Å². The van der Waals surface area contributed by atoms with Crippen LogP contribution < -0.4 is 10.6 Å². The molecule has 2 rings (SSSR count). The standard InChI is InChI=1S/C28H56N2O2/c1-21-9-5-11-25(23(21)3)13-7-15-27(29-17-18-30-28(19-31)20-32)16-8-14-26-12-6-10-22(2)24(26)4/h21-32H,5-20H2,1-4H3. The summed E-state index contributed by atoms with van der Waals surface area (Å²) in [7, 11) is 0. The average Bonchev–Trinajstić information content (AvgIpc) is 2.79. The number of hydrogen-bond acceptors (Lipinski definition) is 4. The lowest BCUT2D eigenvalue weighted by molar-refractivity contribution is 0.163. The predicted octanol–water partition coefficient (Wildman–Crippen LogP) is 5.37. The first-order valence-corrected chi connectivity index (χ1v) is 14.1. The summed E-state index contributed by atoms with van der Waals surface area (Å²) >= 11 is 0. The average molecular weight is 453 g/mol. The molecule has 4 nitrogen and oxygen atoms in total. The molecule has 6 unspecified atom stereocenters. The minimum absolute atomic E-state index is 0.00405. The van der Waals surface area contributed by atoms with Crippen molar-refractivity contribution in [2.24, 2.45) is 35.5 Å². The Morgan fingerprint density at radius 3 is 1.53 bits per heavy atom. The summed E-state index contributed by atoms with van der Waals surface area (Å²) in [5.41, 5.74) is 0. The maximum absolute atomic E-state index is 9.25. The van der Waals surface area contributed by atoms with Gasteiger partial charge in [-0.15, -0.1) is 0 Å². The van der Waals surface area contributed by atoms with Gasteiger partial charge in [-0.05, 0) is 48.3 Å². The van der Waals surface area contributed by atoms with E-state index in [2.05, 4.69) is 38.3 Å². The molecule has 0 amide bonds. The van der Waals surface area contributed by atoms with Gasteiger partial charge in [-0.25, -0.2) is 0 Å². The maximum atomic E-state index is 9.25. The quantitative estimate of drug-likeness (QED) is 0.252. The highest BCUT2D eigenvalue weighted by atomic mass is 16.3. The van der Waals surface area contributed by atoms with E-state index in [4.69, 9.17) is 0 Å². The van der Waals surface area contributed by atoms with Gasteiger partial charge in [-0.3, -0.25) is 0 Å². The first-order valence-electron chi connectivity index (χ1n) is 14.1. The molecule has 4 N–H and O–H groups in total. The molecule has 6 atom stereocenters. The van der Waals surface area contributed by atoms with E-state index in [-0.39, 0.29) is 19.3 Å². The molecule has 2 aliphatic carbocycles. The van der Waals surface area contributed by atoms with Gasteiger partial charge >= 0.3 is 0 Å². The number of aliphatic hydroxyl groups is 2. The zero-order valence-electron chi connectivity index (χ0n) is 21.8. The third-order valence-electron chi connectivity index (χ3n) is 9.44. The third kappa shape index (κ3) is 9.60. The van der Waals surface area contributed by atoms with Crippen LogP contribution in [0, 0.1) is 35.5 Å². The van der Waals surface area contributed by atoms with Gasteiger partial charge in [0.25, 0.3) is 0 Å². The molecule has 2 fully saturated rings. The second-order valence-electron chi connectivity index (χ2n) is 11.6. The van der Waals surface area contributed by atoms with Gasteiger partial charge < -0.3 is 20.8 Å². The van der Waals surface area contributed by atoms with Crippen molar-refractivity contribution < 1.29 is 10.2 Å². The van der Waals surface area contributed by atoms with E-state index in [0.717, 1.165) is 48.6 Å². The summed E-state index contributed by atoms with van der Waals surface area (Å²) in [6, 6.07) is 0.408. The summed E-state index contributed by atoms with van der Waals surface area (Å²) in [6.45, 7) is 11.6. The zero-order valence-corrected chi connectivity index (χ0v) is 21.8. The number of nitrogens with one attached hydrogen (secondary N) is 2. The molecular weight excluding hydrogens is 396 g/mol. The molecule has 190 valence electrons. The Morgan fingerprint density at radius 1 is 0.656 bits per heavy atom. The number of rotatable bonds is 15. The minimum Gasteiger partial charge on any atom is -0.395 e. The van der Waals surface area contributed by atoms with Gasteiger partial charge in [0.05, 0.1) is 19.3 Å². The van der Waals surface area contributed by atoms with Crippen molar-refractivity contribution in [1.29, 1.82) is 0 Å². The monoisotopic (exact) mass is 452 g/mol. The lowest BCUT2D eigenvalue weighted by atomic mass is 9.71. The van der Waals surface area contributed by atoms with Crippen LogP contribution in [0.4, 0.5) is 0 Å². The molecule has 4 heteroatoms. The van der Waals surface area contributed by atoms with Crippen LogP contribution >= 0.6 is 0 Å². The van der Waals surface area contributed by atoms with Crippen LogP contribution in [0.1, 0.15) is 105 Å². The Labute approximate surface area is 199 Å². The topological polar surface area (TPSA) is 64.5 Å². The van der Waals surface area contributed by atoms with E-state index in [0.29, 0.717) is 6.04 Å². The van der Waals surface area contributed by atoms with Crippen LogP contribution in [0.2, 0.25) is 0 Å². The molecule has 0 aliphatic heterocycles. The molecule has 0 saturated heterocycles. The fraction of sp³-hybridized carbons (Fsp3) is 1.00. The normalized spacial score (nSPS) is 32.3. The Morgan fingerprint density at radius 2 is 1.09 bits per heavy atom. The maximum Gasteiger partial charge on any atom is 0.0607 e. The number of aliphatic hydroxyl groups excluding tert-OH is 2. The highest BCUT2D eigenvalue weighted by Gasteiger charge is 2.28. The van der Waals surface area contributed by atoms with Crippen molar-refractivity contribution in [3.8, 4) is 0 Å². The first kappa shape index (κ1) is 28.1. The second-order valence-corrected chi connectivity index (χ2v) is 11.6. The minimum atomic E-state index is -0.195. The van der Waals surface area contributed by atoms with Crippen molar-refractivity contribution in [3.63, 3.8) is 0 Å². The fourth-order valence-electron chi connectivity index (χ4n) is 6.54. The summed E-state index contributed by atoms with van der Waals surface area (Å²) in [6.07, 6.45) is 16.7. The lowest BCUT2D eigenvalue weighted by Crippen LogP contribution is -2.42. The summed E-state index contributed by atoms with van der Waals surface area (Å²) in [5, 5.41) is 25.6. The molecule has 2 aliphatic rings. The van der Waals surface area contributed by atoms with E-state index in [1.54, 1.807) is 0 Å². The summed E-state index contributed by atoms with van der Waals surface area (Å²) in [5.74, 6) is 5.45. The highest BCUT2D eigenvalue weighted by molar-refractivity contribution is 4.80. The Balaban J connectivity index is 1.75. The van der Waals surface area contributed by atoms with Crippen LogP contribution in [-0.4, -0.2) is 48.6 Å².